The summed E-state index contributed by atoms with van der Waals surface area (Å²) in [4.78, 5) is 11.8. The second-order valence-corrected chi connectivity index (χ2v) is 5.91. The average molecular weight is 333 g/mol. The van der Waals surface area contributed by atoms with Crippen molar-refractivity contribution in [1.29, 1.82) is 0 Å². The predicted molar refractivity (Wildman–Crippen MR) is 86.0 cm³/mol. The molecule has 0 saturated carbocycles. The molecule has 1 heterocycles. The van der Waals surface area contributed by atoms with Crippen molar-refractivity contribution >= 4 is 18.3 Å². The van der Waals surface area contributed by atoms with E-state index in [4.69, 9.17) is 0 Å². The van der Waals surface area contributed by atoms with Crippen LogP contribution >= 0.6 is 12.4 Å². The van der Waals surface area contributed by atoms with Crippen LogP contribution in [0.25, 0.3) is 0 Å². The van der Waals surface area contributed by atoms with Gasteiger partial charge in [0.25, 0.3) is 5.92 Å². The smallest absolute Gasteiger partial charge is 0.262 e. The van der Waals surface area contributed by atoms with E-state index in [9.17, 15) is 13.6 Å². The van der Waals surface area contributed by atoms with E-state index in [0.29, 0.717) is 13.0 Å². The number of hydrogen-bond acceptors (Lipinski definition) is 2. The first-order valence-electron chi connectivity index (χ1n) is 7.24. The van der Waals surface area contributed by atoms with Gasteiger partial charge in [-0.3, -0.25) is 10.1 Å². The molecule has 3 nitrogen and oxygen atoms in total. The lowest BCUT2D eigenvalue weighted by atomic mass is 9.97. The topological polar surface area (TPSA) is 41.1 Å². The molecule has 1 aliphatic rings. The summed E-state index contributed by atoms with van der Waals surface area (Å²) >= 11 is 0. The number of rotatable bonds is 4. The van der Waals surface area contributed by atoms with Crippen LogP contribution in [0.4, 0.5) is 8.78 Å². The first kappa shape index (κ1) is 18.8. The average Bonchev–Trinajstić information content (AvgIpc) is 2.72. The molecule has 0 radical (unpaired) electrons. The molecule has 1 aliphatic heterocycles. The molecule has 0 aliphatic carbocycles. The lowest BCUT2D eigenvalue weighted by molar-refractivity contribution is -0.123. The Hall–Kier alpha value is -1.20. The quantitative estimate of drug-likeness (QED) is 0.890. The van der Waals surface area contributed by atoms with E-state index in [1.54, 1.807) is 0 Å². The molecule has 22 heavy (non-hydrogen) atoms. The molecule has 1 amide bonds. The van der Waals surface area contributed by atoms with Gasteiger partial charge in [0.1, 0.15) is 0 Å². The second kappa shape index (κ2) is 7.38. The van der Waals surface area contributed by atoms with Crippen LogP contribution in [-0.2, 0) is 11.2 Å². The Morgan fingerprint density at radius 2 is 1.91 bits per heavy atom. The van der Waals surface area contributed by atoms with Gasteiger partial charge in [-0.25, -0.2) is 8.78 Å². The van der Waals surface area contributed by atoms with E-state index in [1.807, 2.05) is 0 Å². The molecule has 1 unspecified atom stereocenters. The lowest BCUT2D eigenvalue weighted by Crippen LogP contribution is -2.41. The Balaban J connectivity index is 0.00000242. The van der Waals surface area contributed by atoms with Crippen LogP contribution in [0.2, 0.25) is 0 Å². The van der Waals surface area contributed by atoms with E-state index in [2.05, 4.69) is 43.5 Å². The minimum Gasteiger partial charge on any atom is -0.354 e. The van der Waals surface area contributed by atoms with E-state index >= 15 is 0 Å². The molecule has 1 aromatic carbocycles. The summed E-state index contributed by atoms with van der Waals surface area (Å²) in [5, 5.41) is 5.31. The zero-order valence-corrected chi connectivity index (χ0v) is 13.9. The Labute approximate surface area is 136 Å². The summed E-state index contributed by atoms with van der Waals surface area (Å²) in [6, 6.07) is 3.45. The largest absolute Gasteiger partial charge is 0.354 e. The highest BCUT2D eigenvalue weighted by atomic mass is 35.5. The number of nitrogens with one attached hydrogen (secondary N) is 2. The van der Waals surface area contributed by atoms with E-state index in [0.717, 1.165) is 0 Å². The molecule has 124 valence electrons. The molecular weight excluding hydrogens is 310 g/mol. The highest BCUT2D eigenvalue weighted by Gasteiger charge is 2.42. The molecule has 1 saturated heterocycles. The second-order valence-electron chi connectivity index (χ2n) is 5.91. The van der Waals surface area contributed by atoms with Crippen molar-refractivity contribution in [2.24, 2.45) is 0 Å². The number of carbonyl (C=O) groups is 1. The Morgan fingerprint density at radius 3 is 2.41 bits per heavy atom. The molecular formula is C16H23ClF2N2O. The maximum atomic E-state index is 13.0. The van der Waals surface area contributed by atoms with Crippen LogP contribution in [0.1, 0.15) is 28.7 Å². The van der Waals surface area contributed by atoms with Gasteiger partial charge in [-0.1, -0.05) is 17.7 Å². The van der Waals surface area contributed by atoms with Gasteiger partial charge in [0.2, 0.25) is 5.91 Å². The number of amides is 1. The number of aryl methyl sites for hydroxylation is 3. The van der Waals surface area contributed by atoms with Crippen molar-refractivity contribution in [2.45, 2.75) is 45.6 Å². The lowest BCUT2D eigenvalue weighted by Gasteiger charge is -2.14. The van der Waals surface area contributed by atoms with Gasteiger partial charge in [-0.05, 0) is 43.9 Å². The zero-order valence-electron chi connectivity index (χ0n) is 13.1. The van der Waals surface area contributed by atoms with Crippen LogP contribution < -0.4 is 10.6 Å². The van der Waals surface area contributed by atoms with E-state index in [1.165, 1.54) is 22.3 Å². The normalized spacial score (nSPS) is 19.6. The van der Waals surface area contributed by atoms with Gasteiger partial charge >= 0.3 is 0 Å². The van der Waals surface area contributed by atoms with E-state index < -0.39 is 24.9 Å². The third-order valence-electron chi connectivity index (χ3n) is 3.94. The van der Waals surface area contributed by atoms with Crippen LogP contribution in [0.5, 0.6) is 0 Å². The number of carbonyl (C=O) groups excluding carboxylic acids is 1. The molecule has 1 atom stereocenters. The highest BCUT2D eigenvalue weighted by Crippen LogP contribution is 2.25. The minimum atomic E-state index is -2.77. The van der Waals surface area contributed by atoms with E-state index in [-0.39, 0.29) is 18.3 Å². The van der Waals surface area contributed by atoms with Crippen molar-refractivity contribution in [3.05, 3.63) is 34.4 Å². The summed E-state index contributed by atoms with van der Waals surface area (Å²) in [6.07, 6.45) is 0.300. The van der Waals surface area contributed by atoms with Gasteiger partial charge in [-0.2, -0.15) is 0 Å². The monoisotopic (exact) mass is 332 g/mol. The van der Waals surface area contributed by atoms with Crippen LogP contribution in [0.3, 0.4) is 0 Å². The summed E-state index contributed by atoms with van der Waals surface area (Å²) in [6.45, 7) is 6.21. The van der Waals surface area contributed by atoms with Crippen molar-refractivity contribution in [1.82, 2.24) is 10.6 Å². The van der Waals surface area contributed by atoms with Gasteiger partial charge in [-0.15, -0.1) is 12.4 Å². The zero-order chi connectivity index (χ0) is 15.6. The third-order valence-corrected chi connectivity index (χ3v) is 3.94. The predicted octanol–water partition coefficient (Wildman–Crippen LogP) is 2.69. The Bertz CT molecular complexity index is 526. The first-order valence-corrected chi connectivity index (χ1v) is 7.24. The SMILES string of the molecule is Cc1cc(C)c(CCNC(=O)C2CC(F)(F)CN2)c(C)c1.Cl. The molecule has 1 fully saturated rings. The van der Waals surface area contributed by atoms with Crippen LogP contribution in [-0.4, -0.2) is 31.0 Å². The standard InChI is InChI=1S/C16H22F2N2O.ClH/c1-10-6-11(2)13(12(3)7-10)4-5-19-15(21)14-8-16(17,18)9-20-14;/h6-7,14,20H,4-5,8-9H2,1-3H3,(H,19,21);1H. The Morgan fingerprint density at radius 1 is 1.32 bits per heavy atom. The number of halogens is 3. The number of hydrogen-bond donors (Lipinski definition) is 2. The van der Waals surface area contributed by atoms with Crippen molar-refractivity contribution in [3.63, 3.8) is 0 Å². The third kappa shape index (κ3) is 4.65. The number of alkyl halides is 2. The van der Waals surface area contributed by atoms with Crippen molar-refractivity contribution < 1.29 is 13.6 Å². The van der Waals surface area contributed by atoms with Gasteiger partial charge in [0.05, 0.1) is 12.6 Å². The molecule has 1 aromatic rings. The molecule has 2 N–H and O–H groups in total. The fraction of sp³-hybridized carbons (Fsp3) is 0.562. The fourth-order valence-electron chi connectivity index (χ4n) is 2.94. The molecule has 0 spiro atoms. The molecule has 2 rings (SSSR count). The molecule has 0 aromatic heterocycles. The minimum absolute atomic E-state index is 0. The van der Waals surface area contributed by atoms with Crippen LogP contribution in [0.15, 0.2) is 12.1 Å². The fourth-order valence-corrected chi connectivity index (χ4v) is 2.94. The first-order chi connectivity index (χ1) is 9.78. The maximum Gasteiger partial charge on any atom is 0.262 e. The van der Waals surface area contributed by atoms with Crippen molar-refractivity contribution in [3.8, 4) is 0 Å². The summed E-state index contributed by atoms with van der Waals surface area (Å²) in [5.74, 6) is -3.11. The Kier molecular flexibility index (Phi) is 6.32. The summed E-state index contributed by atoms with van der Waals surface area (Å²) in [5.41, 5.74) is 4.83. The maximum absolute atomic E-state index is 13.0. The number of benzene rings is 1. The van der Waals surface area contributed by atoms with Crippen molar-refractivity contribution in [2.75, 3.05) is 13.1 Å². The summed E-state index contributed by atoms with van der Waals surface area (Å²) in [7, 11) is 0. The molecule has 6 heteroatoms. The molecule has 0 bridgehead atoms. The van der Waals surface area contributed by atoms with Crippen LogP contribution in [0, 0.1) is 20.8 Å². The van der Waals surface area contributed by atoms with Gasteiger partial charge < -0.3 is 5.32 Å². The summed E-state index contributed by atoms with van der Waals surface area (Å²) < 4.78 is 26.1. The van der Waals surface area contributed by atoms with Gasteiger partial charge in [0, 0.05) is 13.0 Å². The highest BCUT2D eigenvalue weighted by molar-refractivity contribution is 5.85. The van der Waals surface area contributed by atoms with Gasteiger partial charge in [0.15, 0.2) is 0 Å².